The molecule has 0 radical (unpaired) electrons. The molecule has 2 heterocycles. The minimum absolute atomic E-state index is 0.711. The van der Waals surface area contributed by atoms with Crippen molar-refractivity contribution in [2.24, 2.45) is 0 Å². The third-order valence-electron chi connectivity index (χ3n) is 6.88. The second-order valence-corrected chi connectivity index (χ2v) is 10.2. The van der Waals surface area contributed by atoms with E-state index in [-0.39, 0.29) is 0 Å². The van der Waals surface area contributed by atoms with Gasteiger partial charge in [0.2, 0.25) is 0 Å². The maximum atomic E-state index is 5.03. The van der Waals surface area contributed by atoms with Crippen LogP contribution < -0.4 is 0 Å². The van der Waals surface area contributed by atoms with Gasteiger partial charge in [-0.15, -0.1) is 0 Å². The number of halogens is 1. The van der Waals surface area contributed by atoms with Gasteiger partial charge in [0, 0.05) is 37.6 Å². The van der Waals surface area contributed by atoms with Gasteiger partial charge in [-0.1, -0.05) is 107 Å². The standard InChI is InChI=1S/C34H22BrN3/c35-26-19-17-23(18-20-26)30-22-31(37-34(36-30)24-9-2-1-3-10-24)25-11-8-12-27(21-25)38-32-15-6-4-13-28(32)29-14-5-7-16-33(29)38/h1-22H. The fourth-order valence-electron chi connectivity index (χ4n) is 5.09. The second-order valence-electron chi connectivity index (χ2n) is 9.25. The summed E-state index contributed by atoms with van der Waals surface area (Å²) in [6.45, 7) is 0. The molecule has 0 aliphatic heterocycles. The van der Waals surface area contributed by atoms with Gasteiger partial charge in [-0.05, 0) is 42.5 Å². The number of benzene rings is 5. The summed E-state index contributed by atoms with van der Waals surface area (Å²) in [6.07, 6.45) is 0. The van der Waals surface area contributed by atoms with E-state index in [1.54, 1.807) is 0 Å². The topological polar surface area (TPSA) is 30.7 Å². The van der Waals surface area contributed by atoms with Gasteiger partial charge in [0.25, 0.3) is 0 Å². The highest BCUT2D eigenvalue weighted by Crippen LogP contribution is 2.34. The number of hydrogen-bond acceptors (Lipinski definition) is 2. The van der Waals surface area contributed by atoms with Crippen LogP contribution in [0.5, 0.6) is 0 Å². The number of hydrogen-bond donors (Lipinski definition) is 0. The summed E-state index contributed by atoms with van der Waals surface area (Å²) < 4.78 is 3.38. The predicted octanol–water partition coefficient (Wildman–Crippen LogP) is 9.34. The van der Waals surface area contributed by atoms with Crippen molar-refractivity contribution in [3.05, 3.63) is 138 Å². The van der Waals surface area contributed by atoms with E-state index in [2.05, 4.69) is 124 Å². The van der Waals surface area contributed by atoms with E-state index >= 15 is 0 Å². The smallest absolute Gasteiger partial charge is 0.160 e. The van der Waals surface area contributed by atoms with E-state index in [4.69, 9.17) is 9.97 Å². The molecule has 7 rings (SSSR count). The summed E-state index contributed by atoms with van der Waals surface area (Å²) >= 11 is 3.55. The Kier molecular flexibility index (Phi) is 5.60. The molecule has 0 aliphatic rings. The summed E-state index contributed by atoms with van der Waals surface area (Å²) in [5.41, 5.74) is 8.34. The molecule has 0 saturated carbocycles. The van der Waals surface area contributed by atoms with Crippen LogP contribution in [0.25, 0.3) is 61.4 Å². The molecular formula is C34H22BrN3. The summed E-state index contributed by atoms with van der Waals surface area (Å²) in [4.78, 5) is 9.99. The van der Waals surface area contributed by atoms with Crippen LogP contribution in [0.15, 0.2) is 138 Å². The highest BCUT2D eigenvalue weighted by atomic mass is 79.9. The molecule has 0 bridgehead atoms. The van der Waals surface area contributed by atoms with Gasteiger partial charge in [0.1, 0.15) is 0 Å². The lowest BCUT2D eigenvalue weighted by molar-refractivity contribution is 1.16. The fraction of sp³-hybridized carbons (Fsp3) is 0. The van der Waals surface area contributed by atoms with Gasteiger partial charge >= 0.3 is 0 Å². The molecule has 0 saturated heterocycles. The Labute approximate surface area is 229 Å². The van der Waals surface area contributed by atoms with Crippen molar-refractivity contribution in [3.63, 3.8) is 0 Å². The summed E-state index contributed by atoms with van der Waals surface area (Å²) in [5.74, 6) is 0.711. The highest BCUT2D eigenvalue weighted by molar-refractivity contribution is 9.10. The Morgan fingerprint density at radius 2 is 1.05 bits per heavy atom. The van der Waals surface area contributed by atoms with Crippen molar-refractivity contribution in [3.8, 4) is 39.6 Å². The molecule has 0 N–H and O–H groups in total. The van der Waals surface area contributed by atoms with E-state index in [1.165, 1.54) is 21.8 Å². The summed E-state index contributed by atoms with van der Waals surface area (Å²) in [6, 6.07) is 46.3. The first-order valence-electron chi connectivity index (χ1n) is 12.5. The Morgan fingerprint density at radius 3 is 1.74 bits per heavy atom. The zero-order chi connectivity index (χ0) is 25.5. The molecule has 0 fully saturated rings. The third-order valence-corrected chi connectivity index (χ3v) is 7.41. The van der Waals surface area contributed by atoms with Crippen molar-refractivity contribution in [1.29, 1.82) is 0 Å². The Balaban J connectivity index is 1.43. The predicted molar refractivity (Wildman–Crippen MR) is 160 cm³/mol. The molecule has 0 atom stereocenters. The van der Waals surface area contributed by atoms with E-state index in [9.17, 15) is 0 Å². The lowest BCUT2D eigenvalue weighted by Crippen LogP contribution is -1.97. The Bertz CT molecular complexity index is 1870. The second kappa shape index (κ2) is 9.40. The van der Waals surface area contributed by atoms with Gasteiger partial charge in [0.05, 0.1) is 22.4 Å². The maximum Gasteiger partial charge on any atom is 0.160 e. The van der Waals surface area contributed by atoms with E-state index in [0.717, 1.165) is 38.2 Å². The van der Waals surface area contributed by atoms with Crippen molar-refractivity contribution in [1.82, 2.24) is 14.5 Å². The van der Waals surface area contributed by atoms with Crippen LogP contribution in [-0.4, -0.2) is 14.5 Å². The van der Waals surface area contributed by atoms with E-state index in [1.807, 2.05) is 30.3 Å². The molecule has 2 aromatic heterocycles. The van der Waals surface area contributed by atoms with Gasteiger partial charge in [0.15, 0.2) is 5.82 Å². The molecule has 3 nitrogen and oxygen atoms in total. The van der Waals surface area contributed by atoms with Crippen LogP contribution >= 0.6 is 15.9 Å². The van der Waals surface area contributed by atoms with Crippen LogP contribution in [0.1, 0.15) is 0 Å². The highest BCUT2D eigenvalue weighted by Gasteiger charge is 2.14. The molecule has 4 heteroatoms. The van der Waals surface area contributed by atoms with Gasteiger partial charge in [-0.3, -0.25) is 0 Å². The van der Waals surface area contributed by atoms with Crippen molar-refractivity contribution in [2.45, 2.75) is 0 Å². The number of aromatic nitrogens is 3. The lowest BCUT2D eigenvalue weighted by atomic mass is 10.1. The van der Waals surface area contributed by atoms with Crippen LogP contribution in [0.2, 0.25) is 0 Å². The molecule has 0 amide bonds. The van der Waals surface area contributed by atoms with Crippen LogP contribution in [0.4, 0.5) is 0 Å². The van der Waals surface area contributed by atoms with Crippen LogP contribution in [0.3, 0.4) is 0 Å². The first-order valence-corrected chi connectivity index (χ1v) is 13.3. The average Bonchev–Trinajstić information content (AvgIpc) is 3.32. The quantitative estimate of drug-likeness (QED) is 0.218. The number of rotatable bonds is 4. The minimum Gasteiger partial charge on any atom is -0.309 e. The van der Waals surface area contributed by atoms with Gasteiger partial charge in [-0.25, -0.2) is 9.97 Å². The number of para-hydroxylation sites is 2. The Morgan fingerprint density at radius 1 is 0.474 bits per heavy atom. The fourth-order valence-corrected chi connectivity index (χ4v) is 5.35. The zero-order valence-corrected chi connectivity index (χ0v) is 22.0. The maximum absolute atomic E-state index is 5.03. The minimum atomic E-state index is 0.711. The SMILES string of the molecule is Brc1ccc(-c2cc(-c3cccc(-n4c5ccccc5c5ccccc54)c3)nc(-c3ccccc3)n2)cc1. The molecular weight excluding hydrogens is 530 g/mol. The molecule has 7 aromatic rings. The van der Waals surface area contributed by atoms with Crippen molar-refractivity contribution in [2.75, 3.05) is 0 Å². The zero-order valence-electron chi connectivity index (χ0n) is 20.4. The Hall–Kier alpha value is -4.54. The molecule has 180 valence electrons. The van der Waals surface area contributed by atoms with E-state index < -0.39 is 0 Å². The molecule has 0 aliphatic carbocycles. The summed E-state index contributed by atoms with van der Waals surface area (Å²) in [7, 11) is 0. The first kappa shape index (κ1) is 22.6. The molecule has 5 aromatic carbocycles. The normalized spacial score (nSPS) is 11.3. The lowest BCUT2D eigenvalue weighted by Gasteiger charge is -2.12. The van der Waals surface area contributed by atoms with Gasteiger partial charge < -0.3 is 4.57 Å². The van der Waals surface area contributed by atoms with Crippen molar-refractivity contribution >= 4 is 37.7 Å². The number of fused-ring (bicyclic) bond motifs is 3. The average molecular weight is 552 g/mol. The van der Waals surface area contributed by atoms with E-state index in [0.29, 0.717) is 5.82 Å². The largest absolute Gasteiger partial charge is 0.309 e. The molecule has 0 spiro atoms. The van der Waals surface area contributed by atoms with Crippen LogP contribution in [-0.2, 0) is 0 Å². The molecule has 0 unspecified atom stereocenters. The first-order chi connectivity index (χ1) is 18.7. The monoisotopic (exact) mass is 551 g/mol. The number of nitrogens with zero attached hydrogens (tertiary/aromatic N) is 3. The van der Waals surface area contributed by atoms with Crippen LogP contribution in [0, 0.1) is 0 Å². The third kappa shape index (κ3) is 4.00. The molecule has 38 heavy (non-hydrogen) atoms. The van der Waals surface area contributed by atoms with Crippen molar-refractivity contribution < 1.29 is 0 Å². The van der Waals surface area contributed by atoms with Gasteiger partial charge in [-0.2, -0.15) is 0 Å². The summed E-state index contributed by atoms with van der Waals surface area (Å²) in [5, 5.41) is 2.50.